The number of nitro groups is 1. The van der Waals surface area contributed by atoms with Crippen LogP contribution in [0.15, 0.2) is 42.5 Å². The largest absolute Gasteiger partial charge is 0.493 e. The van der Waals surface area contributed by atoms with E-state index in [1.54, 1.807) is 43.3 Å². The molecule has 0 aliphatic rings. The summed E-state index contributed by atoms with van der Waals surface area (Å²) in [6.45, 7) is 4.23. The number of nitrogens with one attached hydrogen (secondary N) is 2. The van der Waals surface area contributed by atoms with E-state index in [0.717, 1.165) is 12.8 Å². The topological polar surface area (TPSA) is 93.5 Å². The molecule has 0 aliphatic carbocycles. The van der Waals surface area contributed by atoms with Crippen molar-refractivity contribution >= 4 is 34.6 Å². The lowest BCUT2D eigenvalue weighted by Gasteiger charge is -2.13. The minimum absolute atomic E-state index is 0.0243. The molecule has 1 amide bonds. The monoisotopic (exact) mass is 387 g/mol. The smallest absolute Gasteiger partial charge is 0.274 e. The molecule has 2 rings (SSSR count). The molecule has 2 aromatic rings. The third-order valence-corrected chi connectivity index (χ3v) is 3.98. The highest BCUT2D eigenvalue weighted by Crippen LogP contribution is 2.22. The van der Waals surface area contributed by atoms with E-state index in [0.29, 0.717) is 29.2 Å². The van der Waals surface area contributed by atoms with Crippen molar-refractivity contribution in [2.75, 3.05) is 11.9 Å². The fourth-order valence-corrected chi connectivity index (χ4v) is 2.53. The van der Waals surface area contributed by atoms with Crippen LogP contribution in [0.3, 0.4) is 0 Å². The summed E-state index contributed by atoms with van der Waals surface area (Å²) in [5, 5.41) is 16.4. The van der Waals surface area contributed by atoms with E-state index >= 15 is 0 Å². The average molecular weight is 387 g/mol. The van der Waals surface area contributed by atoms with Gasteiger partial charge in [-0.3, -0.25) is 20.2 Å². The first-order valence-corrected chi connectivity index (χ1v) is 8.92. The number of ether oxygens (including phenoxy) is 1. The van der Waals surface area contributed by atoms with E-state index in [4.69, 9.17) is 17.0 Å². The SMILES string of the molecule is CCCCOc1ccccc1C(=O)NC(=S)Nc1ccc(C)c([N+](=O)[O-])c1. The lowest BCUT2D eigenvalue weighted by molar-refractivity contribution is -0.385. The van der Waals surface area contributed by atoms with Crippen LogP contribution in [0.2, 0.25) is 0 Å². The van der Waals surface area contributed by atoms with Crippen molar-refractivity contribution in [3.8, 4) is 5.75 Å². The second-order valence-electron chi connectivity index (χ2n) is 5.86. The second-order valence-corrected chi connectivity index (χ2v) is 6.27. The molecule has 0 unspecified atom stereocenters. The second kappa shape index (κ2) is 9.63. The highest BCUT2D eigenvalue weighted by Gasteiger charge is 2.15. The molecule has 0 radical (unpaired) electrons. The number of hydrogen-bond donors (Lipinski definition) is 2. The zero-order chi connectivity index (χ0) is 19.8. The Morgan fingerprint density at radius 2 is 2.00 bits per heavy atom. The summed E-state index contributed by atoms with van der Waals surface area (Å²) in [6, 6.07) is 11.5. The number of aryl methyl sites for hydroxylation is 1. The maximum Gasteiger partial charge on any atom is 0.274 e. The first-order valence-electron chi connectivity index (χ1n) is 8.51. The quantitative estimate of drug-likeness (QED) is 0.320. The standard InChI is InChI=1S/C19H21N3O4S/c1-3-4-11-26-17-8-6-5-7-15(17)18(23)21-19(27)20-14-10-9-13(2)16(12-14)22(24)25/h5-10,12H,3-4,11H2,1-2H3,(H2,20,21,23,27). The Morgan fingerprint density at radius 3 is 2.70 bits per heavy atom. The molecule has 8 heteroatoms. The molecule has 0 saturated carbocycles. The predicted molar refractivity (Wildman–Crippen MR) is 108 cm³/mol. The number of unbranched alkanes of at least 4 members (excludes halogenated alkanes) is 1. The normalized spacial score (nSPS) is 10.1. The fourth-order valence-electron chi connectivity index (χ4n) is 2.32. The highest BCUT2D eigenvalue weighted by molar-refractivity contribution is 7.80. The number of nitro benzene ring substituents is 1. The Balaban J connectivity index is 2.05. The van der Waals surface area contributed by atoms with Crippen LogP contribution in [0.5, 0.6) is 5.75 Å². The summed E-state index contributed by atoms with van der Waals surface area (Å²) in [5.74, 6) is 0.0680. The molecule has 2 N–H and O–H groups in total. The maximum atomic E-state index is 12.5. The van der Waals surface area contributed by atoms with E-state index in [2.05, 4.69) is 17.6 Å². The van der Waals surface area contributed by atoms with Gasteiger partial charge in [0, 0.05) is 17.3 Å². The van der Waals surface area contributed by atoms with Gasteiger partial charge in [-0.25, -0.2) is 0 Å². The molecule has 27 heavy (non-hydrogen) atoms. The van der Waals surface area contributed by atoms with Gasteiger partial charge in [-0.1, -0.05) is 31.5 Å². The number of thiocarbonyl (C=S) groups is 1. The number of carbonyl (C=O) groups excluding carboxylic acids is 1. The zero-order valence-corrected chi connectivity index (χ0v) is 16.0. The van der Waals surface area contributed by atoms with E-state index < -0.39 is 10.8 Å². The molecule has 0 aliphatic heterocycles. The predicted octanol–water partition coefficient (Wildman–Crippen LogP) is 4.21. The summed E-state index contributed by atoms with van der Waals surface area (Å²) in [5.41, 5.74) is 1.31. The van der Waals surface area contributed by atoms with Crippen LogP contribution in [-0.2, 0) is 0 Å². The Morgan fingerprint density at radius 1 is 1.26 bits per heavy atom. The lowest BCUT2D eigenvalue weighted by atomic mass is 10.2. The summed E-state index contributed by atoms with van der Waals surface area (Å²) in [4.78, 5) is 23.1. The Labute approximate surface area is 162 Å². The van der Waals surface area contributed by atoms with Crippen molar-refractivity contribution < 1.29 is 14.5 Å². The third kappa shape index (κ3) is 5.75. The van der Waals surface area contributed by atoms with Gasteiger partial charge in [0.2, 0.25) is 0 Å². The van der Waals surface area contributed by atoms with Crippen molar-refractivity contribution in [2.45, 2.75) is 26.7 Å². The molecule has 0 heterocycles. The van der Waals surface area contributed by atoms with Crippen LogP contribution < -0.4 is 15.4 Å². The molecule has 7 nitrogen and oxygen atoms in total. The van der Waals surface area contributed by atoms with Gasteiger partial charge in [-0.05, 0) is 43.8 Å². The zero-order valence-electron chi connectivity index (χ0n) is 15.2. The van der Waals surface area contributed by atoms with E-state index in [-0.39, 0.29) is 10.8 Å². The number of carbonyl (C=O) groups is 1. The van der Waals surface area contributed by atoms with Crippen LogP contribution >= 0.6 is 12.2 Å². The van der Waals surface area contributed by atoms with Gasteiger partial charge in [0.25, 0.3) is 11.6 Å². The van der Waals surface area contributed by atoms with Gasteiger partial charge in [-0.15, -0.1) is 0 Å². The number of hydrogen-bond acceptors (Lipinski definition) is 5. The van der Waals surface area contributed by atoms with E-state index in [9.17, 15) is 14.9 Å². The molecule has 142 valence electrons. The van der Waals surface area contributed by atoms with E-state index in [1.165, 1.54) is 6.07 Å². The number of benzene rings is 2. The van der Waals surface area contributed by atoms with Crippen LogP contribution in [-0.4, -0.2) is 22.5 Å². The number of anilines is 1. The summed E-state index contributed by atoms with van der Waals surface area (Å²) < 4.78 is 5.65. The third-order valence-electron chi connectivity index (χ3n) is 3.78. The van der Waals surface area contributed by atoms with Gasteiger partial charge in [0.15, 0.2) is 5.11 Å². The Kier molecular flexibility index (Phi) is 7.25. The molecule has 0 spiro atoms. The number of amides is 1. The van der Waals surface area contributed by atoms with Crippen molar-refractivity contribution in [1.29, 1.82) is 0 Å². The van der Waals surface area contributed by atoms with Crippen LogP contribution in [0.1, 0.15) is 35.7 Å². The summed E-state index contributed by atoms with van der Waals surface area (Å²) in [6.07, 6.45) is 1.88. The van der Waals surface area contributed by atoms with Gasteiger partial charge >= 0.3 is 0 Å². The minimum atomic E-state index is -0.466. The van der Waals surface area contributed by atoms with Crippen molar-refractivity contribution in [2.24, 2.45) is 0 Å². The number of rotatable bonds is 7. The Bertz CT molecular complexity index is 855. The molecule has 0 fully saturated rings. The first-order chi connectivity index (χ1) is 12.9. The highest BCUT2D eigenvalue weighted by atomic mass is 32.1. The Hall–Kier alpha value is -3.00. The minimum Gasteiger partial charge on any atom is -0.493 e. The molecular weight excluding hydrogens is 366 g/mol. The van der Waals surface area contributed by atoms with Crippen LogP contribution in [0.4, 0.5) is 11.4 Å². The number of nitrogens with zero attached hydrogens (tertiary/aromatic N) is 1. The van der Waals surface area contributed by atoms with Gasteiger partial charge in [0.05, 0.1) is 17.1 Å². The van der Waals surface area contributed by atoms with Crippen molar-refractivity contribution in [3.05, 3.63) is 63.7 Å². The molecule has 0 saturated heterocycles. The maximum absolute atomic E-state index is 12.5. The van der Waals surface area contributed by atoms with E-state index in [1.807, 2.05) is 0 Å². The molecular formula is C19H21N3O4S. The average Bonchev–Trinajstić information content (AvgIpc) is 2.63. The molecule has 0 bridgehead atoms. The van der Waals surface area contributed by atoms with Crippen LogP contribution in [0.25, 0.3) is 0 Å². The van der Waals surface area contributed by atoms with Gasteiger partial charge < -0.3 is 10.1 Å². The molecule has 0 aromatic heterocycles. The van der Waals surface area contributed by atoms with Gasteiger partial charge in [0.1, 0.15) is 5.75 Å². The molecule has 2 aromatic carbocycles. The van der Waals surface area contributed by atoms with Crippen LogP contribution in [0, 0.1) is 17.0 Å². The summed E-state index contributed by atoms with van der Waals surface area (Å²) >= 11 is 5.15. The fraction of sp³-hybridized carbons (Fsp3) is 0.263. The molecule has 0 atom stereocenters. The van der Waals surface area contributed by atoms with Crippen molar-refractivity contribution in [3.63, 3.8) is 0 Å². The van der Waals surface area contributed by atoms with Crippen molar-refractivity contribution in [1.82, 2.24) is 5.32 Å². The lowest BCUT2D eigenvalue weighted by Crippen LogP contribution is -2.34. The van der Waals surface area contributed by atoms with Gasteiger partial charge in [-0.2, -0.15) is 0 Å². The first kappa shape index (κ1) is 20.3. The number of para-hydroxylation sites is 1. The summed E-state index contributed by atoms with van der Waals surface area (Å²) in [7, 11) is 0.